The number of benzene rings is 2. The molecule has 1 aliphatic carbocycles. The lowest BCUT2D eigenvalue weighted by atomic mass is 10.1. The summed E-state index contributed by atoms with van der Waals surface area (Å²) in [6.45, 7) is 1.26. The fourth-order valence-electron chi connectivity index (χ4n) is 3.40. The van der Waals surface area contributed by atoms with E-state index in [2.05, 4.69) is 20.7 Å². The number of methoxy groups -OCH3 is 1. The van der Waals surface area contributed by atoms with E-state index in [0.717, 1.165) is 22.9 Å². The molecular formula is C21H23BrN2O5S. The van der Waals surface area contributed by atoms with E-state index in [4.69, 9.17) is 9.47 Å². The molecule has 1 atom stereocenters. The summed E-state index contributed by atoms with van der Waals surface area (Å²) in [5, 5.41) is 0. The third-order valence-electron chi connectivity index (χ3n) is 5.19. The Labute approximate surface area is 184 Å². The van der Waals surface area contributed by atoms with Crippen molar-refractivity contribution in [2.75, 3.05) is 26.8 Å². The first-order valence-electron chi connectivity index (χ1n) is 9.74. The van der Waals surface area contributed by atoms with Crippen LogP contribution in [0.3, 0.4) is 0 Å². The highest BCUT2D eigenvalue weighted by Gasteiger charge is 2.31. The number of rotatable bonds is 6. The molecule has 4 rings (SSSR count). The van der Waals surface area contributed by atoms with Crippen molar-refractivity contribution in [2.45, 2.75) is 29.9 Å². The van der Waals surface area contributed by atoms with Gasteiger partial charge < -0.3 is 14.4 Å². The van der Waals surface area contributed by atoms with Crippen LogP contribution in [0.25, 0.3) is 0 Å². The molecule has 2 aromatic carbocycles. The van der Waals surface area contributed by atoms with Gasteiger partial charge in [0, 0.05) is 22.6 Å². The van der Waals surface area contributed by atoms with Crippen LogP contribution in [0.15, 0.2) is 51.8 Å². The lowest BCUT2D eigenvalue weighted by Gasteiger charge is -2.33. The second-order valence-electron chi connectivity index (χ2n) is 7.42. The van der Waals surface area contributed by atoms with Crippen molar-refractivity contribution in [1.29, 1.82) is 0 Å². The second-order valence-corrected chi connectivity index (χ2v) is 10.0. The van der Waals surface area contributed by atoms with Crippen LogP contribution in [0, 0.1) is 0 Å². The number of nitrogens with zero attached hydrogens (tertiary/aromatic N) is 1. The normalized spacial score (nSPS) is 19.5. The van der Waals surface area contributed by atoms with E-state index >= 15 is 0 Å². The van der Waals surface area contributed by atoms with E-state index < -0.39 is 10.0 Å². The average molecular weight is 495 g/mol. The zero-order valence-corrected chi connectivity index (χ0v) is 18.9. The van der Waals surface area contributed by atoms with Crippen LogP contribution in [0.5, 0.6) is 5.75 Å². The molecular weight excluding hydrogens is 472 g/mol. The van der Waals surface area contributed by atoms with E-state index in [0.29, 0.717) is 25.3 Å². The molecule has 2 aliphatic rings. The first-order chi connectivity index (χ1) is 14.4. The van der Waals surface area contributed by atoms with Gasteiger partial charge in [-0.15, -0.1) is 0 Å². The van der Waals surface area contributed by atoms with Gasteiger partial charge in [-0.1, -0.05) is 28.1 Å². The molecule has 0 bridgehead atoms. The molecule has 0 radical (unpaired) electrons. The number of carbonyl (C=O) groups excluding carboxylic acids is 1. The van der Waals surface area contributed by atoms with Crippen LogP contribution < -0.4 is 9.46 Å². The Balaban J connectivity index is 1.56. The van der Waals surface area contributed by atoms with Gasteiger partial charge in [-0.2, -0.15) is 0 Å². The maximum absolute atomic E-state index is 13.2. The molecule has 1 unspecified atom stereocenters. The third-order valence-corrected chi connectivity index (χ3v) is 7.27. The Morgan fingerprint density at radius 2 is 1.93 bits per heavy atom. The van der Waals surface area contributed by atoms with E-state index in [1.807, 2.05) is 24.3 Å². The number of ether oxygens (including phenoxy) is 2. The van der Waals surface area contributed by atoms with E-state index in [1.165, 1.54) is 19.2 Å². The molecule has 2 fully saturated rings. The highest BCUT2D eigenvalue weighted by atomic mass is 79.9. The molecule has 30 heavy (non-hydrogen) atoms. The first kappa shape index (κ1) is 21.3. The molecule has 160 valence electrons. The lowest BCUT2D eigenvalue weighted by molar-refractivity contribution is -0.0228. The van der Waals surface area contributed by atoms with Gasteiger partial charge in [-0.3, -0.25) is 4.79 Å². The van der Waals surface area contributed by atoms with Crippen molar-refractivity contribution in [1.82, 2.24) is 9.62 Å². The summed E-state index contributed by atoms with van der Waals surface area (Å²) in [5.41, 5.74) is 1.30. The number of amides is 1. The van der Waals surface area contributed by atoms with Gasteiger partial charge in [0.1, 0.15) is 16.7 Å². The molecule has 7 nitrogen and oxygen atoms in total. The highest BCUT2D eigenvalue weighted by Crippen LogP contribution is 2.30. The summed E-state index contributed by atoms with van der Waals surface area (Å²) in [4.78, 5) is 14.8. The Kier molecular flexibility index (Phi) is 6.15. The van der Waals surface area contributed by atoms with Crippen molar-refractivity contribution in [3.05, 3.63) is 58.1 Å². The molecule has 1 saturated carbocycles. The van der Waals surface area contributed by atoms with Crippen LogP contribution in [0.2, 0.25) is 0 Å². The number of morpholine rings is 1. The Bertz CT molecular complexity index is 1040. The number of carbonyl (C=O) groups is 1. The summed E-state index contributed by atoms with van der Waals surface area (Å²) in [6, 6.07) is 12.3. The molecule has 2 aromatic rings. The highest BCUT2D eigenvalue weighted by molar-refractivity contribution is 9.10. The number of nitrogens with one attached hydrogen (secondary N) is 1. The van der Waals surface area contributed by atoms with E-state index in [9.17, 15) is 13.2 Å². The molecule has 1 heterocycles. The SMILES string of the molecule is COc1ccc(C(=O)N2CCOC(c3ccc(Br)cc3)C2)cc1S(=O)(=O)NC1CC1. The van der Waals surface area contributed by atoms with Crippen LogP contribution in [-0.2, 0) is 14.8 Å². The van der Waals surface area contributed by atoms with Crippen LogP contribution in [0.4, 0.5) is 0 Å². The van der Waals surface area contributed by atoms with E-state index in [1.54, 1.807) is 11.0 Å². The van der Waals surface area contributed by atoms with Crippen molar-refractivity contribution in [3.8, 4) is 5.75 Å². The minimum Gasteiger partial charge on any atom is -0.495 e. The number of hydrogen-bond acceptors (Lipinski definition) is 5. The maximum Gasteiger partial charge on any atom is 0.254 e. The summed E-state index contributed by atoms with van der Waals surface area (Å²) < 4.78 is 40.2. The summed E-state index contributed by atoms with van der Waals surface area (Å²) in [7, 11) is -2.34. The summed E-state index contributed by atoms with van der Waals surface area (Å²) in [5.74, 6) is -0.0136. The van der Waals surface area contributed by atoms with Gasteiger partial charge in [0.2, 0.25) is 10.0 Å². The lowest BCUT2D eigenvalue weighted by Crippen LogP contribution is -2.42. The van der Waals surface area contributed by atoms with Gasteiger partial charge in [-0.05, 0) is 48.7 Å². The number of halogens is 1. The monoisotopic (exact) mass is 494 g/mol. The molecule has 0 spiro atoms. The van der Waals surface area contributed by atoms with Gasteiger partial charge in [0.25, 0.3) is 5.91 Å². The fraction of sp³-hybridized carbons (Fsp3) is 0.381. The quantitative estimate of drug-likeness (QED) is 0.666. The molecule has 1 saturated heterocycles. The van der Waals surface area contributed by atoms with Gasteiger partial charge in [-0.25, -0.2) is 13.1 Å². The number of hydrogen-bond donors (Lipinski definition) is 1. The first-order valence-corrected chi connectivity index (χ1v) is 12.0. The minimum absolute atomic E-state index is 0.0135. The molecule has 0 aromatic heterocycles. The Morgan fingerprint density at radius 3 is 2.60 bits per heavy atom. The molecule has 1 aliphatic heterocycles. The van der Waals surface area contributed by atoms with Crippen LogP contribution in [0.1, 0.15) is 34.9 Å². The summed E-state index contributed by atoms with van der Waals surface area (Å²) in [6.07, 6.45) is 1.42. The second kappa shape index (κ2) is 8.66. The van der Waals surface area contributed by atoms with Crippen molar-refractivity contribution in [3.63, 3.8) is 0 Å². The van der Waals surface area contributed by atoms with Crippen LogP contribution in [-0.4, -0.2) is 52.1 Å². The summed E-state index contributed by atoms with van der Waals surface area (Å²) >= 11 is 3.42. The van der Waals surface area contributed by atoms with Crippen molar-refractivity contribution >= 4 is 31.9 Å². The van der Waals surface area contributed by atoms with E-state index in [-0.39, 0.29) is 28.7 Å². The predicted molar refractivity (Wildman–Crippen MR) is 115 cm³/mol. The smallest absolute Gasteiger partial charge is 0.254 e. The molecule has 9 heteroatoms. The molecule has 1 amide bonds. The van der Waals surface area contributed by atoms with Gasteiger partial charge in [0.15, 0.2) is 0 Å². The Hall–Kier alpha value is -1.94. The standard InChI is InChI=1S/C21H23BrN2O5S/c1-28-18-9-4-15(12-20(18)30(26,27)23-17-7-8-17)21(25)24-10-11-29-19(13-24)14-2-5-16(22)6-3-14/h2-6,9,12,17,19,23H,7-8,10-11,13H2,1H3. The third kappa shape index (κ3) is 4.69. The maximum atomic E-state index is 13.2. The molecule has 1 N–H and O–H groups in total. The van der Waals surface area contributed by atoms with Crippen molar-refractivity contribution < 1.29 is 22.7 Å². The Morgan fingerprint density at radius 1 is 1.20 bits per heavy atom. The van der Waals surface area contributed by atoms with Crippen LogP contribution >= 0.6 is 15.9 Å². The van der Waals surface area contributed by atoms with Gasteiger partial charge >= 0.3 is 0 Å². The number of sulfonamides is 1. The van der Waals surface area contributed by atoms with Gasteiger partial charge in [0.05, 0.1) is 20.3 Å². The average Bonchev–Trinajstić information content (AvgIpc) is 3.56. The minimum atomic E-state index is -3.76. The zero-order chi connectivity index (χ0) is 21.3. The fourth-order valence-corrected chi connectivity index (χ4v) is 5.16. The largest absolute Gasteiger partial charge is 0.495 e. The topological polar surface area (TPSA) is 84.9 Å². The predicted octanol–water partition coefficient (Wildman–Crippen LogP) is 3.11. The zero-order valence-electron chi connectivity index (χ0n) is 16.5. The van der Waals surface area contributed by atoms with Crippen molar-refractivity contribution in [2.24, 2.45) is 0 Å².